The van der Waals surface area contributed by atoms with Crippen molar-refractivity contribution in [1.29, 1.82) is 0 Å². The summed E-state index contributed by atoms with van der Waals surface area (Å²) in [6.07, 6.45) is 2.56. The molecule has 1 heterocycles. The molecule has 3 rings (SSSR count). The molecular weight excluding hydrogens is 360 g/mol. The first-order valence-corrected chi connectivity index (χ1v) is 8.33. The van der Waals surface area contributed by atoms with E-state index in [2.05, 4.69) is 0 Å². The number of fused-ring (bicyclic) bond motifs is 1. The van der Waals surface area contributed by atoms with Gasteiger partial charge in [-0.15, -0.1) is 0 Å². The van der Waals surface area contributed by atoms with Crippen LogP contribution in [0.5, 0.6) is 23.0 Å². The fourth-order valence-electron chi connectivity index (χ4n) is 2.41. The third-order valence-electron chi connectivity index (χ3n) is 3.61. The molecule has 0 aromatic heterocycles. The smallest absolute Gasteiger partial charge is 0.328 e. The Bertz CT molecular complexity index is 846. The van der Waals surface area contributed by atoms with Crippen molar-refractivity contribution in [3.8, 4) is 23.0 Å². The highest BCUT2D eigenvalue weighted by atomic mass is 35.5. The minimum atomic E-state index is -1.01. The number of carbonyl (C=O) groups is 1. The van der Waals surface area contributed by atoms with Gasteiger partial charge < -0.3 is 24.1 Å². The van der Waals surface area contributed by atoms with Crippen molar-refractivity contribution >= 4 is 23.6 Å². The number of hydrogen-bond donors (Lipinski definition) is 1. The highest BCUT2D eigenvalue weighted by molar-refractivity contribution is 6.31. The molecule has 0 unspecified atom stereocenters. The van der Waals surface area contributed by atoms with Gasteiger partial charge in [0, 0.05) is 17.7 Å². The highest BCUT2D eigenvalue weighted by Crippen LogP contribution is 2.37. The van der Waals surface area contributed by atoms with Crippen molar-refractivity contribution in [1.82, 2.24) is 0 Å². The lowest BCUT2D eigenvalue weighted by Crippen LogP contribution is -2.00. The molecule has 0 spiro atoms. The average Bonchev–Trinajstić information content (AvgIpc) is 3.06. The van der Waals surface area contributed by atoms with Crippen LogP contribution < -0.4 is 18.9 Å². The quantitative estimate of drug-likeness (QED) is 0.732. The number of halogens is 1. The molecule has 0 bridgehead atoms. The summed E-state index contributed by atoms with van der Waals surface area (Å²) in [5, 5.41) is 9.25. The molecule has 2 aromatic carbocycles. The molecule has 26 heavy (non-hydrogen) atoms. The zero-order valence-electron chi connectivity index (χ0n) is 14.0. The molecule has 1 N–H and O–H groups in total. The van der Waals surface area contributed by atoms with Gasteiger partial charge in [0.1, 0.15) is 6.61 Å². The molecule has 2 aromatic rings. The molecule has 0 amide bonds. The number of benzene rings is 2. The van der Waals surface area contributed by atoms with E-state index in [1.54, 1.807) is 30.3 Å². The number of carboxylic acids is 1. The first kappa shape index (κ1) is 17.9. The fourth-order valence-corrected chi connectivity index (χ4v) is 2.62. The zero-order valence-corrected chi connectivity index (χ0v) is 14.8. The molecule has 136 valence electrons. The number of rotatable bonds is 7. The SMILES string of the molecule is CCOc1cc(/C=C/C(=O)O)ccc1OCc1cc2c(cc1Cl)OCO2. The van der Waals surface area contributed by atoms with E-state index in [4.69, 9.17) is 35.7 Å². The number of carboxylic acid groups (broad SMARTS) is 1. The fraction of sp³-hybridized carbons (Fsp3) is 0.211. The van der Waals surface area contributed by atoms with Crippen LogP contribution in [-0.2, 0) is 11.4 Å². The Labute approximate surface area is 155 Å². The summed E-state index contributed by atoms with van der Waals surface area (Å²) < 4.78 is 22.1. The maximum atomic E-state index is 10.6. The molecule has 6 nitrogen and oxygen atoms in total. The third-order valence-corrected chi connectivity index (χ3v) is 3.96. The van der Waals surface area contributed by atoms with E-state index in [0.717, 1.165) is 11.6 Å². The van der Waals surface area contributed by atoms with Crippen LogP contribution in [-0.4, -0.2) is 24.5 Å². The first-order chi connectivity index (χ1) is 12.6. The van der Waals surface area contributed by atoms with Crippen molar-refractivity contribution in [3.63, 3.8) is 0 Å². The monoisotopic (exact) mass is 376 g/mol. The first-order valence-electron chi connectivity index (χ1n) is 7.95. The molecule has 7 heteroatoms. The predicted molar refractivity (Wildman–Crippen MR) is 96.2 cm³/mol. The lowest BCUT2D eigenvalue weighted by atomic mass is 10.2. The van der Waals surface area contributed by atoms with E-state index in [9.17, 15) is 4.79 Å². The van der Waals surface area contributed by atoms with Gasteiger partial charge in [-0.3, -0.25) is 0 Å². The second-order valence-corrected chi connectivity index (χ2v) is 5.80. The lowest BCUT2D eigenvalue weighted by Gasteiger charge is -2.13. The van der Waals surface area contributed by atoms with E-state index >= 15 is 0 Å². The minimum absolute atomic E-state index is 0.176. The van der Waals surface area contributed by atoms with Crippen LogP contribution in [0.25, 0.3) is 6.08 Å². The van der Waals surface area contributed by atoms with Crippen molar-refractivity contribution in [2.24, 2.45) is 0 Å². The van der Waals surface area contributed by atoms with Crippen LogP contribution >= 0.6 is 11.6 Å². The predicted octanol–water partition coefficient (Wildman–Crippen LogP) is 4.14. The van der Waals surface area contributed by atoms with E-state index in [0.29, 0.717) is 40.2 Å². The zero-order chi connectivity index (χ0) is 18.5. The number of aliphatic carboxylic acids is 1. The van der Waals surface area contributed by atoms with Gasteiger partial charge in [-0.05, 0) is 36.8 Å². The molecule has 0 saturated heterocycles. The summed E-state index contributed by atoms with van der Waals surface area (Å²) >= 11 is 6.26. The molecule has 0 saturated carbocycles. The third kappa shape index (κ3) is 4.21. The molecule has 1 aliphatic heterocycles. The summed E-state index contributed by atoms with van der Waals surface area (Å²) in [6, 6.07) is 8.69. The summed E-state index contributed by atoms with van der Waals surface area (Å²) in [5.74, 6) is 1.29. The Kier molecular flexibility index (Phi) is 5.53. The van der Waals surface area contributed by atoms with Crippen LogP contribution in [0.1, 0.15) is 18.1 Å². The van der Waals surface area contributed by atoms with E-state index in [1.807, 2.05) is 6.92 Å². The van der Waals surface area contributed by atoms with Crippen LogP contribution in [0.15, 0.2) is 36.4 Å². The Morgan fingerprint density at radius 2 is 1.96 bits per heavy atom. The van der Waals surface area contributed by atoms with Crippen LogP contribution in [0.3, 0.4) is 0 Å². The van der Waals surface area contributed by atoms with Crippen molar-refractivity contribution in [2.75, 3.05) is 13.4 Å². The van der Waals surface area contributed by atoms with E-state index in [-0.39, 0.29) is 13.4 Å². The summed E-state index contributed by atoms with van der Waals surface area (Å²) in [4.78, 5) is 10.6. The number of ether oxygens (including phenoxy) is 4. The lowest BCUT2D eigenvalue weighted by molar-refractivity contribution is -0.131. The number of hydrogen-bond acceptors (Lipinski definition) is 5. The maximum Gasteiger partial charge on any atom is 0.328 e. The Balaban J connectivity index is 1.78. The maximum absolute atomic E-state index is 10.6. The second kappa shape index (κ2) is 8.01. The second-order valence-electron chi connectivity index (χ2n) is 5.40. The van der Waals surface area contributed by atoms with Crippen LogP contribution in [0.2, 0.25) is 5.02 Å². The van der Waals surface area contributed by atoms with Gasteiger partial charge in [0.25, 0.3) is 0 Å². The Morgan fingerprint density at radius 3 is 2.69 bits per heavy atom. The topological polar surface area (TPSA) is 74.2 Å². The summed E-state index contributed by atoms with van der Waals surface area (Å²) in [6.45, 7) is 2.71. The molecule has 0 aliphatic carbocycles. The van der Waals surface area contributed by atoms with Crippen molar-refractivity contribution in [3.05, 3.63) is 52.6 Å². The average molecular weight is 377 g/mol. The van der Waals surface area contributed by atoms with Gasteiger partial charge >= 0.3 is 5.97 Å². The summed E-state index contributed by atoms with van der Waals surface area (Å²) in [7, 11) is 0. The Morgan fingerprint density at radius 1 is 1.19 bits per heavy atom. The van der Waals surface area contributed by atoms with Gasteiger partial charge in [0.2, 0.25) is 6.79 Å². The Hall–Kier alpha value is -2.86. The van der Waals surface area contributed by atoms with Gasteiger partial charge in [-0.2, -0.15) is 0 Å². The molecular formula is C19H17ClO6. The van der Waals surface area contributed by atoms with E-state index < -0.39 is 5.97 Å². The van der Waals surface area contributed by atoms with E-state index in [1.165, 1.54) is 6.08 Å². The standard InChI is InChI=1S/C19H17ClO6/c1-2-23-16-7-12(4-6-19(21)22)3-5-15(16)24-10-13-8-17-18(9-14(13)20)26-11-25-17/h3-9H,2,10-11H2,1H3,(H,21,22)/b6-4+. The molecule has 0 atom stereocenters. The van der Waals surface area contributed by atoms with Crippen molar-refractivity contribution < 1.29 is 28.8 Å². The molecule has 0 fully saturated rings. The minimum Gasteiger partial charge on any atom is -0.490 e. The van der Waals surface area contributed by atoms with Gasteiger partial charge in [0.15, 0.2) is 23.0 Å². The van der Waals surface area contributed by atoms with Crippen LogP contribution in [0, 0.1) is 0 Å². The summed E-state index contributed by atoms with van der Waals surface area (Å²) in [5.41, 5.74) is 1.46. The van der Waals surface area contributed by atoms with Gasteiger partial charge in [-0.25, -0.2) is 4.79 Å². The van der Waals surface area contributed by atoms with Crippen molar-refractivity contribution in [2.45, 2.75) is 13.5 Å². The van der Waals surface area contributed by atoms with Gasteiger partial charge in [-0.1, -0.05) is 17.7 Å². The molecule has 0 radical (unpaired) electrons. The highest BCUT2D eigenvalue weighted by Gasteiger charge is 2.17. The molecule has 1 aliphatic rings. The van der Waals surface area contributed by atoms with Crippen LogP contribution in [0.4, 0.5) is 0 Å². The largest absolute Gasteiger partial charge is 0.490 e. The normalized spacial score (nSPS) is 12.4. The van der Waals surface area contributed by atoms with Gasteiger partial charge in [0.05, 0.1) is 11.6 Å².